The van der Waals surface area contributed by atoms with Gasteiger partial charge >= 0.3 is 12.1 Å². The SMILES string of the molecule is CC(C)c1cc(OCC(C)(C)C(=O)OCc2ccccc2)cc2sn(C(Oc3cc(C(F)(F)F)[nH]n3)c3ccccc3)c(=O)c12. The smallest absolute Gasteiger partial charge is 0.432 e. The molecule has 5 aromatic rings. The number of hydrogen-bond acceptors (Lipinski definition) is 7. The lowest BCUT2D eigenvalue weighted by atomic mass is 9.95. The van der Waals surface area contributed by atoms with Gasteiger partial charge in [0.15, 0.2) is 0 Å². The van der Waals surface area contributed by atoms with Crippen molar-refractivity contribution in [3.05, 3.63) is 112 Å². The Hall–Kier alpha value is -4.58. The fraction of sp³-hybridized carbons (Fsp3) is 0.303. The minimum atomic E-state index is -4.64. The number of benzene rings is 3. The summed E-state index contributed by atoms with van der Waals surface area (Å²) in [5, 5.41) is 6.07. The second-order valence-electron chi connectivity index (χ2n) is 11.5. The molecule has 0 bridgehead atoms. The van der Waals surface area contributed by atoms with Gasteiger partial charge in [0.25, 0.3) is 5.56 Å². The van der Waals surface area contributed by atoms with Gasteiger partial charge in [0.2, 0.25) is 12.1 Å². The largest absolute Gasteiger partial charge is 0.492 e. The molecule has 5 rings (SSSR count). The topological polar surface area (TPSA) is 95.4 Å². The number of nitrogens with zero attached hydrogens (tertiary/aromatic N) is 2. The zero-order valence-electron chi connectivity index (χ0n) is 25.1. The van der Waals surface area contributed by atoms with E-state index in [1.165, 1.54) is 3.96 Å². The third kappa shape index (κ3) is 7.22. The van der Waals surface area contributed by atoms with Gasteiger partial charge in [-0.25, -0.2) is 3.96 Å². The van der Waals surface area contributed by atoms with E-state index < -0.39 is 29.5 Å². The van der Waals surface area contributed by atoms with Crippen LogP contribution in [0.5, 0.6) is 11.6 Å². The van der Waals surface area contributed by atoms with Crippen molar-refractivity contribution in [3.63, 3.8) is 0 Å². The third-order valence-electron chi connectivity index (χ3n) is 7.09. The number of ether oxygens (including phenoxy) is 3. The van der Waals surface area contributed by atoms with E-state index >= 15 is 0 Å². The van der Waals surface area contributed by atoms with Crippen LogP contribution in [0.2, 0.25) is 0 Å². The Labute approximate surface area is 261 Å². The molecule has 0 amide bonds. The molecule has 0 spiro atoms. The molecular weight excluding hydrogens is 607 g/mol. The van der Waals surface area contributed by atoms with Crippen LogP contribution in [0.15, 0.2) is 83.7 Å². The number of carbonyl (C=O) groups excluding carboxylic acids is 1. The van der Waals surface area contributed by atoms with Crippen molar-refractivity contribution in [3.8, 4) is 11.6 Å². The van der Waals surface area contributed by atoms with Crippen LogP contribution in [-0.2, 0) is 22.3 Å². The number of aromatic nitrogens is 3. The summed E-state index contributed by atoms with van der Waals surface area (Å²) in [4.78, 5) is 26.8. The summed E-state index contributed by atoms with van der Waals surface area (Å²) >= 11 is 1.10. The Bertz CT molecular complexity index is 1830. The maximum atomic E-state index is 13.9. The zero-order valence-corrected chi connectivity index (χ0v) is 25.9. The molecule has 1 unspecified atom stereocenters. The number of aromatic amines is 1. The standard InChI is InChI=1S/C33H32F3N3O5S/c1-20(2)24-15-23(43-19-32(3,4)31(41)42-18-21-11-7-5-8-12-21)16-25-28(24)29(40)39(45-25)30(22-13-9-6-10-14-22)44-27-17-26(37-38-27)33(34,35)36/h5-17,20,30H,18-19H2,1-4H3,(H,37,38). The van der Waals surface area contributed by atoms with Crippen LogP contribution >= 0.6 is 11.5 Å². The first kappa shape index (κ1) is 31.8. The molecule has 1 N–H and O–H groups in total. The average molecular weight is 640 g/mol. The van der Waals surface area contributed by atoms with Crippen LogP contribution in [0.25, 0.3) is 10.1 Å². The van der Waals surface area contributed by atoms with Crippen molar-refractivity contribution < 1.29 is 32.2 Å². The molecule has 2 aromatic heterocycles. The molecule has 2 heterocycles. The summed E-state index contributed by atoms with van der Waals surface area (Å²) in [6, 6.07) is 22.3. The number of nitrogens with one attached hydrogen (secondary N) is 1. The highest BCUT2D eigenvalue weighted by Crippen LogP contribution is 2.36. The number of halogens is 3. The molecule has 8 nitrogen and oxygen atoms in total. The summed E-state index contributed by atoms with van der Waals surface area (Å²) in [6.45, 7) is 7.53. The van der Waals surface area contributed by atoms with E-state index in [0.717, 1.165) is 28.7 Å². The number of H-pyrrole nitrogens is 1. The molecule has 1 atom stereocenters. The fourth-order valence-corrected chi connectivity index (χ4v) is 5.71. The molecule has 12 heteroatoms. The first-order valence-electron chi connectivity index (χ1n) is 14.2. The summed E-state index contributed by atoms with van der Waals surface area (Å²) in [5.74, 6) is -0.340. The predicted molar refractivity (Wildman–Crippen MR) is 164 cm³/mol. The first-order chi connectivity index (χ1) is 21.3. The van der Waals surface area contributed by atoms with Crippen LogP contribution in [-0.4, -0.2) is 26.7 Å². The second kappa shape index (κ2) is 12.8. The molecule has 0 radical (unpaired) electrons. The van der Waals surface area contributed by atoms with Gasteiger partial charge in [-0.2, -0.15) is 13.2 Å². The minimum Gasteiger partial charge on any atom is -0.492 e. The second-order valence-corrected chi connectivity index (χ2v) is 12.5. The Kier molecular flexibility index (Phi) is 9.06. The molecule has 0 saturated heterocycles. The van der Waals surface area contributed by atoms with E-state index in [-0.39, 0.29) is 30.6 Å². The van der Waals surface area contributed by atoms with Gasteiger partial charge < -0.3 is 14.2 Å². The molecule has 0 aliphatic carbocycles. The van der Waals surface area contributed by atoms with Gasteiger partial charge in [0, 0.05) is 11.6 Å². The normalized spacial score (nSPS) is 12.8. The van der Waals surface area contributed by atoms with Crippen molar-refractivity contribution in [2.45, 2.75) is 52.6 Å². The first-order valence-corrected chi connectivity index (χ1v) is 15.0. The quantitative estimate of drug-likeness (QED) is 0.149. The van der Waals surface area contributed by atoms with E-state index in [4.69, 9.17) is 14.2 Å². The molecule has 0 saturated carbocycles. The van der Waals surface area contributed by atoms with Crippen LogP contribution in [0.1, 0.15) is 62.2 Å². The summed E-state index contributed by atoms with van der Waals surface area (Å²) < 4.78 is 59.2. The van der Waals surface area contributed by atoms with Crippen molar-refractivity contribution in [1.29, 1.82) is 0 Å². The van der Waals surface area contributed by atoms with Gasteiger partial charge in [-0.15, -0.1) is 5.10 Å². The highest BCUT2D eigenvalue weighted by molar-refractivity contribution is 7.14. The number of hydrogen-bond donors (Lipinski definition) is 1. The van der Waals surface area contributed by atoms with Crippen molar-refractivity contribution in [2.75, 3.05) is 6.61 Å². The Balaban J connectivity index is 1.44. The van der Waals surface area contributed by atoms with Crippen molar-refractivity contribution >= 4 is 27.6 Å². The van der Waals surface area contributed by atoms with Crippen LogP contribution in [0.4, 0.5) is 13.2 Å². The van der Waals surface area contributed by atoms with Crippen LogP contribution < -0.4 is 15.0 Å². The Morgan fingerprint density at radius 2 is 1.67 bits per heavy atom. The predicted octanol–water partition coefficient (Wildman–Crippen LogP) is 7.70. The van der Waals surface area contributed by atoms with Gasteiger partial charge in [-0.1, -0.05) is 86.0 Å². The fourth-order valence-electron chi connectivity index (χ4n) is 4.60. The van der Waals surface area contributed by atoms with Crippen molar-refractivity contribution in [1.82, 2.24) is 14.2 Å². The molecule has 0 fully saturated rings. The van der Waals surface area contributed by atoms with Crippen LogP contribution in [0.3, 0.4) is 0 Å². The summed E-state index contributed by atoms with van der Waals surface area (Å²) in [7, 11) is 0. The molecule has 0 aliphatic heterocycles. The summed E-state index contributed by atoms with van der Waals surface area (Å²) in [5.41, 5.74) is -0.260. The van der Waals surface area contributed by atoms with Crippen molar-refractivity contribution in [2.24, 2.45) is 5.41 Å². The number of carbonyl (C=O) groups is 1. The minimum absolute atomic E-state index is 0.0235. The van der Waals surface area contributed by atoms with Gasteiger partial charge in [0.1, 0.15) is 24.7 Å². The van der Waals surface area contributed by atoms with E-state index in [0.29, 0.717) is 21.4 Å². The van der Waals surface area contributed by atoms with E-state index in [9.17, 15) is 22.8 Å². The Morgan fingerprint density at radius 3 is 2.29 bits per heavy atom. The number of rotatable bonds is 11. The van der Waals surface area contributed by atoms with Gasteiger partial charge in [0.05, 0.1) is 15.5 Å². The third-order valence-corrected chi connectivity index (χ3v) is 8.17. The number of fused-ring (bicyclic) bond motifs is 1. The highest BCUT2D eigenvalue weighted by atomic mass is 32.1. The molecule has 0 aliphatic rings. The maximum absolute atomic E-state index is 13.9. The molecule has 45 heavy (non-hydrogen) atoms. The lowest BCUT2D eigenvalue weighted by molar-refractivity contribution is -0.157. The number of alkyl halides is 3. The van der Waals surface area contributed by atoms with E-state index in [1.54, 1.807) is 56.3 Å². The van der Waals surface area contributed by atoms with Crippen LogP contribution in [0, 0.1) is 5.41 Å². The van der Waals surface area contributed by atoms with E-state index in [1.807, 2.05) is 49.3 Å². The average Bonchev–Trinajstić information content (AvgIpc) is 3.63. The summed E-state index contributed by atoms with van der Waals surface area (Å²) in [6.07, 6.45) is -5.73. The van der Waals surface area contributed by atoms with E-state index in [2.05, 4.69) is 5.10 Å². The molecule has 236 valence electrons. The maximum Gasteiger partial charge on any atom is 0.432 e. The molecular formula is C33H32F3N3O5S. The lowest BCUT2D eigenvalue weighted by Crippen LogP contribution is -2.32. The van der Waals surface area contributed by atoms with Gasteiger partial charge in [-0.05, 0) is 43.0 Å². The molecule has 3 aromatic carbocycles. The zero-order chi connectivity index (χ0) is 32.4. The van der Waals surface area contributed by atoms with Gasteiger partial charge in [-0.3, -0.25) is 14.7 Å². The monoisotopic (exact) mass is 639 g/mol. The lowest BCUT2D eigenvalue weighted by Gasteiger charge is -2.23. The number of esters is 1. The highest BCUT2D eigenvalue weighted by Gasteiger charge is 2.34. The Morgan fingerprint density at radius 1 is 1.00 bits per heavy atom.